The van der Waals surface area contributed by atoms with Crippen molar-refractivity contribution in [1.82, 2.24) is 0 Å². The first-order valence-corrected chi connectivity index (χ1v) is 6.82. The molecule has 0 bridgehead atoms. The Morgan fingerprint density at radius 2 is 1.58 bits per heavy atom. The summed E-state index contributed by atoms with van der Waals surface area (Å²) in [6, 6.07) is 12.6. The van der Waals surface area contributed by atoms with Crippen molar-refractivity contribution in [3.63, 3.8) is 0 Å². The first kappa shape index (κ1) is 14.5. The van der Waals surface area contributed by atoms with Crippen LogP contribution in [0, 0.1) is 0 Å². The van der Waals surface area contributed by atoms with Crippen molar-refractivity contribution >= 4 is 40.5 Å². The Hall–Kier alpha value is -0.930. The van der Waals surface area contributed by atoms with Crippen LogP contribution >= 0.6 is 34.8 Å². The van der Waals surface area contributed by atoms with Crippen LogP contribution in [-0.2, 0) is 0 Å². The Morgan fingerprint density at radius 3 is 2.16 bits per heavy atom. The average Bonchev–Trinajstić information content (AvgIpc) is 2.38. The Balaban J connectivity index is 2.07. The Labute approximate surface area is 126 Å². The highest BCUT2D eigenvalue weighted by atomic mass is 35.5. The molecule has 0 saturated carbocycles. The highest BCUT2D eigenvalue weighted by Gasteiger charge is 2.11. The average molecular weight is 317 g/mol. The quantitative estimate of drug-likeness (QED) is 0.850. The molecule has 0 saturated heterocycles. The minimum absolute atomic E-state index is 0.311. The summed E-state index contributed by atoms with van der Waals surface area (Å²) in [5.41, 5.74) is 1.40. The van der Waals surface area contributed by atoms with Crippen molar-refractivity contribution < 1.29 is 5.11 Å². The highest BCUT2D eigenvalue weighted by Crippen LogP contribution is 2.33. The summed E-state index contributed by atoms with van der Waals surface area (Å²) in [6.45, 7) is 0.311. The van der Waals surface area contributed by atoms with Crippen molar-refractivity contribution in [2.75, 3.05) is 11.9 Å². The lowest BCUT2D eigenvalue weighted by Gasteiger charge is -2.15. The lowest BCUT2D eigenvalue weighted by Crippen LogP contribution is -2.12. The van der Waals surface area contributed by atoms with Gasteiger partial charge in [0.2, 0.25) is 0 Å². The molecule has 19 heavy (non-hydrogen) atoms. The fraction of sp³-hybridized carbons (Fsp3) is 0.143. The predicted octanol–water partition coefficient (Wildman–Crippen LogP) is 4.79. The van der Waals surface area contributed by atoms with Gasteiger partial charge in [0.25, 0.3) is 0 Å². The predicted molar refractivity (Wildman–Crippen MR) is 81.4 cm³/mol. The molecule has 1 atom stereocenters. The van der Waals surface area contributed by atoms with E-state index in [1.54, 1.807) is 12.1 Å². The maximum atomic E-state index is 10.0. The molecule has 0 aliphatic heterocycles. The molecular formula is C14H12Cl3NO. The van der Waals surface area contributed by atoms with Crippen LogP contribution in [0.25, 0.3) is 0 Å². The van der Waals surface area contributed by atoms with Crippen molar-refractivity contribution in [3.05, 3.63) is 63.1 Å². The van der Waals surface area contributed by atoms with Crippen LogP contribution in [0.4, 0.5) is 5.69 Å². The van der Waals surface area contributed by atoms with E-state index in [0.29, 0.717) is 27.3 Å². The van der Waals surface area contributed by atoms with E-state index in [1.807, 2.05) is 30.3 Å². The molecule has 1 unspecified atom stereocenters. The number of hydrogen-bond acceptors (Lipinski definition) is 2. The molecule has 2 rings (SSSR count). The molecule has 0 fully saturated rings. The first-order valence-electron chi connectivity index (χ1n) is 5.69. The number of hydrogen-bond donors (Lipinski definition) is 2. The molecule has 0 aliphatic rings. The third kappa shape index (κ3) is 3.77. The minimum Gasteiger partial charge on any atom is -0.387 e. The molecule has 2 nitrogen and oxygen atoms in total. The molecule has 0 radical (unpaired) electrons. The highest BCUT2D eigenvalue weighted by molar-refractivity contribution is 6.41. The van der Waals surface area contributed by atoms with Gasteiger partial charge in [-0.25, -0.2) is 0 Å². The van der Waals surface area contributed by atoms with Crippen LogP contribution in [0.5, 0.6) is 0 Å². The van der Waals surface area contributed by atoms with Gasteiger partial charge in [-0.05, 0) is 17.7 Å². The first-order chi connectivity index (χ1) is 9.08. The summed E-state index contributed by atoms with van der Waals surface area (Å²) in [7, 11) is 0. The minimum atomic E-state index is -0.635. The second kappa shape index (κ2) is 6.49. The molecule has 0 heterocycles. The van der Waals surface area contributed by atoms with E-state index in [0.717, 1.165) is 5.56 Å². The summed E-state index contributed by atoms with van der Waals surface area (Å²) in [6.07, 6.45) is -0.635. The lowest BCUT2D eigenvalue weighted by atomic mass is 10.1. The van der Waals surface area contributed by atoms with Crippen LogP contribution in [0.1, 0.15) is 11.7 Å². The zero-order valence-electron chi connectivity index (χ0n) is 9.91. The standard InChI is InChI=1S/C14H12Cl3NO/c15-10-6-11(16)14(12(17)7-10)18-8-13(19)9-4-2-1-3-5-9/h1-7,13,18-19H,8H2. The fourth-order valence-corrected chi connectivity index (χ4v) is 2.65. The maximum absolute atomic E-state index is 10.0. The smallest absolute Gasteiger partial charge is 0.0962 e. The fourth-order valence-electron chi connectivity index (χ4n) is 1.70. The summed E-state index contributed by atoms with van der Waals surface area (Å²) in [5, 5.41) is 14.4. The SMILES string of the molecule is OC(CNc1c(Cl)cc(Cl)cc1Cl)c1ccccc1. The van der Waals surface area contributed by atoms with Gasteiger partial charge < -0.3 is 10.4 Å². The van der Waals surface area contributed by atoms with Gasteiger partial charge in [0.1, 0.15) is 0 Å². The topological polar surface area (TPSA) is 32.3 Å². The van der Waals surface area contributed by atoms with Gasteiger partial charge in [0.05, 0.1) is 21.8 Å². The monoisotopic (exact) mass is 315 g/mol. The zero-order valence-corrected chi connectivity index (χ0v) is 12.2. The van der Waals surface area contributed by atoms with Crippen molar-refractivity contribution in [1.29, 1.82) is 0 Å². The van der Waals surface area contributed by atoms with Crippen LogP contribution < -0.4 is 5.32 Å². The number of anilines is 1. The zero-order chi connectivity index (χ0) is 13.8. The molecule has 0 aromatic heterocycles. The van der Waals surface area contributed by atoms with E-state index >= 15 is 0 Å². The number of nitrogens with one attached hydrogen (secondary N) is 1. The molecule has 2 aromatic carbocycles. The Kier molecular flexibility index (Phi) is 4.94. The van der Waals surface area contributed by atoms with E-state index in [4.69, 9.17) is 34.8 Å². The van der Waals surface area contributed by atoms with Gasteiger partial charge in [0.15, 0.2) is 0 Å². The van der Waals surface area contributed by atoms with Crippen LogP contribution in [-0.4, -0.2) is 11.7 Å². The number of benzene rings is 2. The maximum Gasteiger partial charge on any atom is 0.0962 e. The van der Waals surface area contributed by atoms with Crippen LogP contribution in [0.15, 0.2) is 42.5 Å². The van der Waals surface area contributed by atoms with Crippen molar-refractivity contribution in [2.45, 2.75) is 6.10 Å². The lowest BCUT2D eigenvalue weighted by molar-refractivity contribution is 0.191. The van der Waals surface area contributed by atoms with E-state index < -0.39 is 6.10 Å². The second-order valence-corrected chi connectivity index (χ2v) is 5.30. The number of rotatable bonds is 4. The molecule has 2 N–H and O–H groups in total. The normalized spacial score (nSPS) is 12.2. The summed E-state index contributed by atoms with van der Waals surface area (Å²) < 4.78 is 0. The number of halogens is 3. The Bertz CT molecular complexity index is 537. The molecular weight excluding hydrogens is 305 g/mol. The van der Waals surface area contributed by atoms with Crippen LogP contribution in [0.3, 0.4) is 0 Å². The molecule has 100 valence electrons. The third-order valence-corrected chi connectivity index (χ3v) is 3.48. The van der Waals surface area contributed by atoms with Gasteiger partial charge >= 0.3 is 0 Å². The van der Waals surface area contributed by atoms with Crippen molar-refractivity contribution in [2.24, 2.45) is 0 Å². The molecule has 0 spiro atoms. The van der Waals surface area contributed by atoms with Gasteiger partial charge in [-0.2, -0.15) is 0 Å². The summed E-state index contributed by atoms with van der Waals surface area (Å²) in [5.74, 6) is 0. The summed E-state index contributed by atoms with van der Waals surface area (Å²) >= 11 is 17.9. The largest absolute Gasteiger partial charge is 0.387 e. The third-order valence-electron chi connectivity index (χ3n) is 2.66. The van der Waals surface area contributed by atoms with Gasteiger partial charge in [-0.15, -0.1) is 0 Å². The molecule has 2 aromatic rings. The van der Waals surface area contributed by atoms with Crippen molar-refractivity contribution in [3.8, 4) is 0 Å². The van der Waals surface area contributed by atoms with Gasteiger partial charge in [0, 0.05) is 11.6 Å². The summed E-state index contributed by atoms with van der Waals surface area (Å²) in [4.78, 5) is 0. The number of aliphatic hydroxyl groups excluding tert-OH is 1. The molecule has 0 aliphatic carbocycles. The Morgan fingerprint density at radius 1 is 1.00 bits per heavy atom. The van der Waals surface area contributed by atoms with Gasteiger partial charge in [-0.3, -0.25) is 0 Å². The van der Waals surface area contributed by atoms with E-state index in [1.165, 1.54) is 0 Å². The second-order valence-electron chi connectivity index (χ2n) is 4.05. The van der Waals surface area contributed by atoms with E-state index in [2.05, 4.69) is 5.32 Å². The van der Waals surface area contributed by atoms with Gasteiger partial charge in [-0.1, -0.05) is 65.1 Å². The van der Waals surface area contributed by atoms with Crippen LogP contribution in [0.2, 0.25) is 15.1 Å². The van der Waals surface area contributed by atoms with E-state index in [-0.39, 0.29) is 0 Å². The number of aliphatic hydroxyl groups is 1. The van der Waals surface area contributed by atoms with E-state index in [9.17, 15) is 5.11 Å². The molecule has 0 amide bonds. The molecule has 5 heteroatoms.